The molecule has 2 heteroatoms. The number of nitrogens with zero attached hydrogens (tertiary/aromatic N) is 2. The maximum Gasteiger partial charge on any atom is 0.0541 e. The Kier molecular flexibility index (Phi) is 7.02. The van der Waals surface area contributed by atoms with Crippen molar-refractivity contribution < 1.29 is 0 Å². The summed E-state index contributed by atoms with van der Waals surface area (Å²) in [4.78, 5) is 0. The second kappa shape index (κ2) is 12.6. The predicted octanol–water partition coefficient (Wildman–Crippen LogP) is 14.4. The molecule has 0 amide bonds. The van der Waals surface area contributed by atoms with Crippen LogP contribution in [0, 0.1) is 0 Å². The summed E-state index contributed by atoms with van der Waals surface area (Å²) >= 11 is 0. The molecule has 0 N–H and O–H groups in total. The lowest BCUT2D eigenvalue weighted by Crippen LogP contribution is -2.06. The molecule has 0 saturated heterocycles. The van der Waals surface area contributed by atoms with Crippen LogP contribution in [0.1, 0.15) is 22.6 Å². The van der Waals surface area contributed by atoms with Gasteiger partial charge in [-0.15, -0.1) is 0 Å². The van der Waals surface area contributed by atoms with Gasteiger partial charge in [0.15, 0.2) is 0 Å². The van der Waals surface area contributed by atoms with Crippen molar-refractivity contribution in [3.05, 3.63) is 229 Å². The van der Waals surface area contributed by atoms with Crippen molar-refractivity contribution in [3.63, 3.8) is 0 Å². The minimum atomic E-state index is 0.117. The van der Waals surface area contributed by atoms with E-state index in [1.54, 1.807) is 0 Å². The third-order valence-electron chi connectivity index (χ3n) is 12.2. The normalized spacial score (nSPS) is 13.4. The Bertz CT molecular complexity index is 3280. The minimum absolute atomic E-state index is 0.117. The number of rotatable bonds is 5. The summed E-state index contributed by atoms with van der Waals surface area (Å²) in [5, 5.41) is 5.07. The molecule has 1 aliphatic carbocycles. The summed E-state index contributed by atoms with van der Waals surface area (Å²) < 4.78 is 4.89. The molecule has 2 nitrogen and oxygen atoms in total. The van der Waals surface area contributed by atoms with Crippen molar-refractivity contribution in [2.45, 2.75) is 5.92 Å². The molecule has 2 heterocycles. The fourth-order valence-corrected chi connectivity index (χ4v) is 9.70. The highest BCUT2D eigenvalue weighted by Crippen LogP contribution is 2.52. The first-order valence-electron chi connectivity index (χ1n) is 19.8. The van der Waals surface area contributed by atoms with E-state index in [2.05, 4.69) is 221 Å². The van der Waals surface area contributed by atoms with Gasteiger partial charge in [-0.1, -0.05) is 158 Å². The van der Waals surface area contributed by atoms with Gasteiger partial charge in [0.05, 0.1) is 27.8 Å². The van der Waals surface area contributed by atoms with E-state index in [0.29, 0.717) is 0 Å². The number of benzene rings is 9. The molecular formula is C55H36N2. The van der Waals surface area contributed by atoms with Crippen molar-refractivity contribution in [1.82, 2.24) is 9.13 Å². The molecule has 0 bridgehead atoms. The smallest absolute Gasteiger partial charge is 0.0541 e. The van der Waals surface area contributed by atoms with E-state index in [1.165, 1.54) is 105 Å². The monoisotopic (exact) mass is 724 g/mol. The fourth-order valence-electron chi connectivity index (χ4n) is 9.70. The maximum atomic E-state index is 2.52. The first kappa shape index (κ1) is 31.9. The van der Waals surface area contributed by atoms with Crippen LogP contribution in [0.15, 0.2) is 212 Å². The van der Waals surface area contributed by atoms with Gasteiger partial charge in [0, 0.05) is 33.2 Å². The second-order valence-electron chi connectivity index (χ2n) is 15.3. The molecule has 266 valence electrons. The molecule has 0 fully saturated rings. The second-order valence-corrected chi connectivity index (χ2v) is 15.3. The van der Waals surface area contributed by atoms with E-state index < -0.39 is 0 Å². The first-order chi connectivity index (χ1) is 28.3. The third-order valence-corrected chi connectivity index (χ3v) is 12.2. The Hall–Kier alpha value is -7.42. The van der Waals surface area contributed by atoms with Crippen molar-refractivity contribution in [3.8, 4) is 44.8 Å². The number of para-hydroxylation sites is 4. The molecule has 2 aromatic heterocycles. The largest absolute Gasteiger partial charge is 0.309 e. The third kappa shape index (κ3) is 4.84. The number of fused-ring (bicyclic) bond motifs is 9. The summed E-state index contributed by atoms with van der Waals surface area (Å²) in [7, 11) is 0. The van der Waals surface area contributed by atoms with E-state index in [1.807, 2.05) is 0 Å². The molecular weight excluding hydrogens is 689 g/mol. The Morgan fingerprint density at radius 1 is 0.316 bits per heavy atom. The van der Waals surface area contributed by atoms with Gasteiger partial charge >= 0.3 is 0 Å². The lowest BCUT2D eigenvalue weighted by molar-refractivity contribution is 0.987. The van der Waals surface area contributed by atoms with Crippen molar-refractivity contribution in [2.75, 3.05) is 0 Å². The van der Waals surface area contributed by atoms with Crippen LogP contribution in [0.4, 0.5) is 0 Å². The zero-order valence-electron chi connectivity index (χ0n) is 31.2. The Morgan fingerprint density at radius 3 is 1.51 bits per heavy atom. The van der Waals surface area contributed by atoms with Crippen LogP contribution in [0.3, 0.4) is 0 Å². The molecule has 0 aliphatic heterocycles. The number of aromatic nitrogens is 2. The molecule has 9 aromatic carbocycles. The molecule has 11 aromatic rings. The van der Waals surface area contributed by atoms with Crippen LogP contribution in [0.2, 0.25) is 0 Å². The van der Waals surface area contributed by atoms with Crippen molar-refractivity contribution in [1.29, 1.82) is 0 Å². The zero-order valence-corrected chi connectivity index (χ0v) is 31.2. The van der Waals surface area contributed by atoms with E-state index in [-0.39, 0.29) is 5.92 Å². The maximum absolute atomic E-state index is 2.52. The Labute approximate surface area is 331 Å². The molecule has 1 unspecified atom stereocenters. The average molecular weight is 725 g/mol. The molecule has 0 spiro atoms. The summed E-state index contributed by atoms with van der Waals surface area (Å²) in [5.41, 5.74) is 18.8. The summed E-state index contributed by atoms with van der Waals surface area (Å²) in [6.45, 7) is 0. The minimum Gasteiger partial charge on any atom is -0.309 e. The highest BCUT2D eigenvalue weighted by Gasteiger charge is 2.34. The van der Waals surface area contributed by atoms with Gasteiger partial charge in [0.25, 0.3) is 0 Å². The highest BCUT2D eigenvalue weighted by atomic mass is 15.0. The van der Waals surface area contributed by atoms with E-state index >= 15 is 0 Å². The predicted molar refractivity (Wildman–Crippen MR) is 239 cm³/mol. The summed E-state index contributed by atoms with van der Waals surface area (Å²) in [6.07, 6.45) is 0. The molecule has 57 heavy (non-hydrogen) atoms. The van der Waals surface area contributed by atoms with Crippen molar-refractivity contribution >= 4 is 43.6 Å². The van der Waals surface area contributed by atoms with Crippen LogP contribution in [0.5, 0.6) is 0 Å². The quantitative estimate of drug-likeness (QED) is 0.167. The summed E-state index contributed by atoms with van der Waals surface area (Å²) in [5.74, 6) is 0.117. The van der Waals surface area contributed by atoms with Crippen LogP contribution in [-0.2, 0) is 0 Å². The molecule has 1 aliphatic rings. The van der Waals surface area contributed by atoms with Gasteiger partial charge < -0.3 is 9.13 Å². The van der Waals surface area contributed by atoms with Gasteiger partial charge in [0.1, 0.15) is 0 Å². The van der Waals surface area contributed by atoms with Crippen molar-refractivity contribution in [2.24, 2.45) is 0 Å². The Balaban J connectivity index is 1.05. The van der Waals surface area contributed by atoms with E-state index in [9.17, 15) is 0 Å². The fraction of sp³-hybridized carbons (Fsp3) is 0.0182. The van der Waals surface area contributed by atoms with Gasteiger partial charge in [-0.3, -0.25) is 0 Å². The summed E-state index contributed by atoms with van der Waals surface area (Å²) in [6, 6.07) is 78.2. The molecule has 12 rings (SSSR count). The number of hydrogen-bond donors (Lipinski definition) is 0. The van der Waals surface area contributed by atoms with Gasteiger partial charge in [-0.25, -0.2) is 0 Å². The topological polar surface area (TPSA) is 9.86 Å². The molecule has 1 atom stereocenters. The average Bonchev–Trinajstić information content (AvgIpc) is 3.92. The van der Waals surface area contributed by atoms with E-state index in [4.69, 9.17) is 0 Å². The van der Waals surface area contributed by atoms with Crippen LogP contribution >= 0.6 is 0 Å². The van der Waals surface area contributed by atoms with Crippen LogP contribution < -0.4 is 0 Å². The van der Waals surface area contributed by atoms with Crippen LogP contribution in [0.25, 0.3) is 88.4 Å². The van der Waals surface area contributed by atoms with Gasteiger partial charge in [-0.2, -0.15) is 0 Å². The lowest BCUT2D eigenvalue weighted by Gasteiger charge is -2.21. The number of hydrogen-bond acceptors (Lipinski definition) is 0. The first-order valence-corrected chi connectivity index (χ1v) is 19.8. The Morgan fingerprint density at radius 2 is 0.825 bits per heavy atom. The standard InChI is InChI=1S/C55H36N2/c1-3-15-38(16-4-1)54-46-23-8-7-19-42(46)48-34-40(35-53(55(48)54)57-50-25-13-9-20-43(50)44-21-10-14-26-51(44)57)37-29-27-36(28-30-37)39-31-32-52-47(33-39)45-22-11-12-24-49(45)56(52)41-17-5-2-6-18-41/h1-35,54H. The highest BCUT2D eigenvalue weighted by molar-refractivity contribution is 6.11. The van der Waals surface area contributed by atoms with Gasteiger partial charge in [-0.05, 0) is 105 Å². The van der Waals surface area contributed by atoms with Gasteiger partial charge in [0.2, 0.25) is 0 Å². The lowest BCUT2D eigenvalue weighted by atomic mass is 9.87. The SMILES string of the molecule is c1ccc(C2c3ccccc3-c3cc(-c4ccc(-c5ccc6c(c5)c5ccccc5n6-c5ccccc5)cc4)cc(-n4c5ccccc5c5ccccc54)c32)cc1. The zero-order chi connectivity index (χ0) is 37.5. The molecule has 0 radical (unpaired) electrons. The molecule has 0 saturated carbocycles. The van der Waals surface area contributed by atoms with E-state index in [0.717, 1.165) is 0 Å². The van der Waals surface area contributed by atoms with Crippen LogP contribution in [-0.4, -0.2) is 9.13 Å².